The zero-order valence-corrected chi connectivity index (χ0v) is 24.9. The van der Waals surface area contributed by atoms with Crippen molar-refractivity contribution in [3.63, 3.8) is 0 Å². The highest BCUT2D eigenvalue weighted by Gasteiger charge is 2.20. The number of nitrogens with zero attached hydrogens (tertiary/aromatic N) is 2. The minimum absolute atomic E-state index is 0.0721. The fourth-order valence-electron chi connectivity index (χ4n) is 4.18. The van der Waals surface area contributed by atoms with Crippen molar-refractivity contribution < 1.29 is 17.9 Å². The van der Waals surface area contributed by atoms with Crippen LogP contribution in [0.5, 0.6) is 5.75 Å². The molecule has 0 radical (unpaired) electrons. The molecule has 2 rings (SSSR count). The highest BCUT2D eigenvalue weighted by molar-refractivity contribution is 7.92. The van der Waals surface area contributed by atoms with Gasteiger partial charge in [0.2, 0.25) is 10.0 Å². The Balaban J connectivity index is 2.19. The monoisotopic (exact) mass is 565 g/mol. The zero-order chi connectivity index (χ0) is 28.0. The van der Waals surface area contributed by atoms with E-state index in [1.165, 1.54) is 25.7 Å². The Morgan fingerprint density at radius 3 is 2.18 bits per heavy atom. The van der Waals surface area contributed by atoms with Gasteiger partial charge in [-0.25, -0.2) is 8.42 Å². The summed E-state index contributed by atoms with van der Waals surface area (Å²) in [6.07, 6.45) is 7.51. The van der Waals surface area contributed by atoms with E-state index in [9.17, 15) is 13.2 Å². The Labute approximate surface area is 234 Å². The summed E-state index contributed by atoms with van der Waals surface area (Å²) in [5, 5.41) is 0.433. The Kier molecular flexibility index (Phi) is 14.0. The standard InChI is InChI=1S/C29H44ClN3O4S/c1-5-8-10-11-12-19-32(7-3)20-21-33(26-17-18-28(37-4)27(30)23-26)29(34)24-13-15-25(16-14-24)31-38(35,36)22-9-6-2/h13-18,23,31H,5-12,19-22H2,1-4H3. The van der Waals surface area contributed by atoms with Gasteiger partial charge in [0.25, 0.3) is 5.91 Å². The van der Waals surface area contributed by atoms with Gasteiger partial charge in [-0.05, 0) is 68.4 Å². The highest BCUT2D eigenvalue weighted by Crippen LogP contribution is 2.30. The number of halogens is 1. The molecule has 9 heteroatoms. The molecule has 0 unspecified atom stereocenters. The van der Waals surface area contributed by atoms with E-state index in [1.807, 2.05) is 13.0 Å². The third-order valence-electron chi connectivity index (χ3n) is 6.53. The number of amides is 1. The van der Waals surface area contributed by atoms with Gasteiger partial charge < -0.3 is 14.5 Å². The minimum atomic E-state index is -3.41. The molecule has 0 heterocycles. The first kappa shape index (κ1) is 31.9. The molecule has 2 aromatic carbocycles. The molecule has 0 aromatic heterocycles. The van der Waals surface area contributed by atoms with E-state index in [4.69, 9.17) is 16.3 Å². The number of hydrogen-bond acceptors (Lipinski definition) is 5. The van der Waals surface area contributed by atoms with Crippen LogP contribution < -0.4 is 14.4 Å². The van der Waals surface area contributed by atoms with Gasteiger partial charge in [0.15, 0.2) is 0 Å². The molecule has 0 fully saturated rings. The Hall–Kier alpha value is -2.29. The smallest absolute Gasteiger partial charge is 0.258 e. The van der Waals surface area contributed by atoms with Crippen LogP contribution in [-0.4, -0.2) is 58.3 Å². The van der Waals surface area contributed by atoms with E-state index in [0.29, 0.717) is 40.7 Å². The fourth-order valence-corrected chi connectivity index (χ4v) is 5.70. The second-order valence-electron chi connectivity index (χ2n) is 9.48. The maximum absolute atomic E-state index is 13.7. The molecule has 0 saturated heterocycles. The Morgan fingerprint density at radius 2 is 1.58 bits per heavy atom. The summed E-state index contributed by atoms with van der Waals surface area (Å²) in [4.78, 5) is 17.8. The van der Waals surface area contributed by atoms with Crippen LogP contribution in [0.25, 0.3) is 0 Å². The van der Waals surface area contributed by atoms with E-state index < -0.39 is 10.0 Å². The van der Waals surface area contributed by atoms with Crippen LogP contribution in [0.2, 0.25) is 5.02 Å². The van der Waals surface area contributed by atoms with Crippen LogP contribution in [0, 0.1) is 0 Å². The lowest BCUT2D eigenvalue weighted by Crippen LogP contribution is -2.39. The summed E-state index contributed by atoms with van der Waals surface area (Å²) < 4.78 is 32.4. The van der Waals surface area contributed by atoms with Gasteiger partial charge in [-0.1, -0.05) is 64.5 Å². The summed E-state index contributed by atoms with van der Waals surface area (Å²) in [5.41, 5.74) is 1.59. The third-order valence-corrected chi connectivity index (χ3v) is 8.20. The van der Waals surface area contributed by atoms with Gasteiger partial charge in [-0.15, -0.1) is 0 Å². The van der Waals surface area contributed by atoms with Crippen LogP contribution in [0.4, 0.5) is 11.4 Å². The van der Waals surface area contributed by atoms with E-state index in [2.05, 4.69) is 23.5 Å². The molecule has 7 nitrogen and oxygen atoms in total. The third kappa shape index (κ3) is 10.5. The summed E-state index contributed by atoms with van der Waals surface area (Å²) in [7, 11) is -1.86. The zero-order valence-electron chi connectivity index (χ0n) is 23.3. The highest BCUT2D eigenvalue weighted by atomic mass is 35.5. The predicted octanol–water partition coefficient (Wildman–Crippen LogP) is 6.83. The average molecular weight is 566 g/mol. The molecular weight excluding hydrogens is 522 g/mol. The van der Waals surface area contributed by atoms with Crippen LogP contribution in [0.15, 0.2) is 42.5 Å². The lowest BCUT2D eigenvalue weighted by molar-refractivity contribution is 0.0983. The first-order chi connectivity index (χ1) is 18.2. The van der Waals surface area contributed by atoms with Gasteiger partial charge in [0.05, 0.1) is 17.9 Å². The van der Waals surface area contributed by atoms with Crippen LogP contribution in [0.3, 0.4) is 0 Å². The number of sulfonamides is 1. The largest absolute Gasteiger partial charge is 0.495 e. The molecule has 38 heavy (non-hydrogen) atoms. The second kappa shape index (κ2) is 16.6. The van der Waals surface area contributed by atoms with Crippen molar-refractivity contribution in [3.8, 4) is 5.75 Å². The molecule has 0 aliphatic carbocycles. The van der Waals surface area contributed by atoms with Crippen molar-refractivity contribution in [1.29, 1.82) is 0 Å². The minimum Gasteiger partial charge on any atom is -0.495 e. The Bertz CT molecular complexity index is 1090. The lowest BCUT2D eigenvalue weighted by atomic mass is 10.1. The number of ether oxygens (including phenoxy) is 1. The van der Waals surface area contributed by atoms with Crippen molar-refractivity contribution in [2.75, 3.05) is 48.7 Å². The Morgan fingerprint density at radius 1 is 0.895 bits per heavy atom. The molecule has 0 aliphatic heterocycles. The van der Waals surface area contributed by atoms with E-state index in [0.717, 1.165) is 32.5 Å². The molecule has 0 spiro atoms. The van der Waals surface area contributed by atoms with Crippen molar-refractivity contribution in [2.24, 2.45) is 0 Å². The van der Waals surface area contributed by atoms with Gasteiger partial charge in [-0.3, -0.25) is 9.52 Å². The summed E-state index contributed by atoms with van der Waals surface area (Å²) in [5.74, 6) is 0.443. The molecule has 212 valence electrons. The fraction of sp³-hybridized carbons (Fsp3) is 0.552. The van der Waals surface area contributed by atoms with E-state index in [1.54, 1.807) is 48.4 Å². The number of likely N-dealkylation sites (N-methyl/N-ethyl adjacent to an activating group) is 1. The summed E-state index contributed by atoms with van der Waals surface area (Å²) in [6, 6.07) is 11.9. The SMILES string of the molecule is CCCCCCCN(CC)CCN(C(=O)c1ccc(NS(=O)(=O)CCCC)cc1)c1ccc(OC)c(Cl)c1. The van der Waals surface area contributed by atoms with Crippen molar-refractivity contribution in [2.45, 2.75) is 65.7 Å². The maximum Gasteiger partial charge on any atom is 0.258 e. The number of unbranched alkanes of at least 4 members (excludes halogenated alkanes) is 5. The first-order valence-electron chi connectivity index (χ1n) is 13.7. The van der Waals surface area contributed by atoms with Crippen molar-refractivity contribution in [3.05, 3.63) is 53.1 Å². The summed E-state index contributed by atoms with van der Waals surface area (Å²) >= 11 is 6.40. The first-order valence-corrected chi connectivity index (χ1v) is 15.8. The predicted molar refractivity (Wildman–Crippen MR) is 159 cm³/mol. The number of hydrogen-bond donors (Lipinski definition) is 1. The molecule has 2 aromatic rings. The average Bonchev–Trinajstić information content (AvgIpc) is 2.91. The number of carbonyl (C=O) groups is 1. The number of carbonyl (C=O) groups excluding carboxylic acids is 1. The van der Waals surface area contributed by atoms with Gasteiger partial charge >= 0.3 is 0 Å². The van der Waals surface area contributed by atoms with Crippen LogP contribution in [0.1, 0.15) is 76.1 Å². The second-order valence-corrected chi connectivity index (χ2v) is 11.7. The lowest BCUT2D eigenvalue weighted by Gasteiger charge is -2.28. The number of anilines is 2. The van der Waals surface area contributed by atoms with Crippen molar-refractivity contribution in [1.82, 2.24) is 4.90 Å². The van der Waals surface area contributed by atoms with Crippen LogP contribution in [-0.2, 0) is 10.0 Å². The molecular formula is C29H44ClN3O4S. The molecule has 0 aliphatic rings. The van der Waals surface area contributed by atoms with E-state index >= 15 is 0 Å². The number of nitrogens with one attached hydrogen (secondary N) is 1. The van der Waals surface area contributed by atoms with Gasteiger partial charge in [0, 0.05) is 30.0 Å². The molecule has 0 bridgehead atoms. The molecule has 0 saturated carbocycles. The molecule has 0 atom stereocenters. The summed E-state index contributed by atoms with van der Waals surface area (Å²) in [6.45, 7) is 9.44. The number of rotatable bonds is 18. The van der Waals surface area contributed by atoms with Gasteiger partial charge in [-0.2, -0.15) is 0 Å². The normalized spacial score (nSPS) is 11.5. The maximum atomic E-state index is 13.7. The van der Waals surface area contributed by atoms with Crippen LogP contribution >= 0.6 is 11.6 Å². The molecule has 1 N–H and O–H groups in total. The van der Waals surface area contributed by atoms with E-state index in [-0.39, 0.29) is 11.7 Å². The van der Waals surface area contributed by atoms with Crippen molar-refractivity contribution >= 4 is 38.9 Å². The number of benzene rings is 2. The topological polar surface area (TPSA) is 79.0 Å². The quantitative estimate of drug-likeness (QED) is 0.200. The molecule has 1 amide bonds. The van der Waals surface area contributed by atoms with Gasteiger partial charge in [0.1, 0.15) is 5.75 Å². The number of methoxy groups -OCH3 is 1.